The summed E-state index contributed by atoms with van der Waals surface area (Å²) in [4.78, 5) is 15.2. The molecule has 2 saturated carbocycles. The number of rotatable bonds is 6. The Kier molecular flexibility index (Phi) is 5.71. The molecule has 0 aromatic heterocycles. The fourth-order valence-corrected chi connectivity index (χ4v) is 6.39. The van der Waals surface area contributed by atoms with Gasteiger partial charge in [0.1, 0.15) is 16.5 Å². The van der Waals surface area contributed by atoms with Gasteiger partial charge in [-0.05, 0) is 69.2 Å². The number of benzene rings is 1. The Morgan fingerprint density at radius 3 is 2.73 bits per heavy atom. The first-order valence-electron chi connectivity index (χ1n) is 11.3. The Labute approximate surface area is 184 Å². The van der Waals surface area contributed by atoms with E-state index in [9.17, 15) is 15.0 Å². The first kappa shape index (κ1) is 21.7. The molecule has 164 valence electrons. The molecular weight excluding hydrogens is 396 g/mol. The van der Waals surface area contributed by atoms with Crippen molar-refractivity contribution in [3.63, 3.8) is 0 Å². The maximum atomic E-state index is 12.7. The highest BCUT2D eigenvalue weighted by molar-refractivity contribution is 7.80. The Morgan fingerprint density at radius 1 is 1.37 bits per heavy atom. The number of nitrogens with zero attached hydrogens (tertiary/aromatic N) is 1. The zero-order valence-corrected chi connectivity index (χ0v) is 18.9. The van der Waals surface area contributed by atoms with Gasteiger partial charge in [-0.25, -0.2) is 0 Å². The minimum atomic E-state index is -1.03. The van der Waals surface area contributed by atoms with Crippen LogP contribution in [0, 0.1) is 11.8 Å². The maximum absolute atomic E-state index is 12.7. The lowest BCUT2D eigenvalue weighted by Gasteiger charge is -2.57. The molecule has 4 N–H and O–H groups in total. The van der Waals surface area contributed by atoms with Crippen molar-refractivity contribution in [1.82, 2.24) is 4.90 Å². The molecule has 0 unspecified atom stereocenters. The quantitative estimate of drug-likeness (QED) is 0.602. The zero-order chi connectivity index (χ0) is 21.7. The highest BCUT2D eigenvalue weighted by Gasteiger charge is 2.61. The van der Waals surface area contributed by atoms with Crippen LogP contribution < -0.4 is 5.73 Å². The van der Waals surface area contributed by atoms with Gasteiger partial charge in [-0.2, -0.15) is 0 Å². The van der Waals surface area contributed by atoms with Crippen molar-refractivity contribution in [1.29, 1.82) is 0 Å². The second-order valence-electron chi connectivity index (χ2n) is 10.00. The molecule has 3 aliphatic rings. The molecular formula is C24H34N2O3S. The van der Waals surface area contributed by atoms with Gasteiger partial charge in [0, 0.05) is 30.4 Å². The van der Waals surface area contributed by atoms with Gasteiger partial charge in [0.05, 0.1) is 11.2 Å². The Balaban J connectivity index is 1.78. The first-order chi connectivity index (χ1) is 14.2. The standard InChI is InChI=1S/C24H34N2O3S/c1-15-12-17-6-7-19(22(25)30)21(28)20(17)23(13-18(27)8-9-24(15,23)29)10-11-26(2)14-16-4-3-5-16/h6-7,15-16,28-29H,3-5,8-14H2,1-2H3,(H2,25,30)/t15-,23-,24-/m1/s1. The smallest absolute Gasteiger partial charge is 0.134 e. The van der Waals surface area contributed by atoms with E-state index in [4.69, 9.17) is 18.0 Å². The van der Waals surface area contributed by atoms with E-state index in [0.717, 1.165) is 24.6 Å². The van der Waals surface area contributed by atoms with Crippen molar-refractivity contribution in [2.24, 2.45) is 17.6 Å². The highest BCUT2D eigenvalue weighted by Crippen LogP contribution is 2.58. The summed E-state index contributed by atoms with van der Waals surface area (Å²) in [5.41, 5.74) is 6.18. The molecule has 6 heteroatoms. The van der Waals surface area contributed by atoms with E-state index < -0.39 is 11.0 Å². The topological polar surface area (TPSA) is 86.8 Å². The average molecular weight is 431 g/mol. The molecule has 0 heterocycles. The molecule has 0 aliphatic heterocycles. The summed E-state index contributed by atoms with van der Waals surface area (Å²) in [6, 6.07) is 3.74. The maximum Gasteiger partial charge on any atom is 0.134 e. The van der Waals surface area contributed by atoms with E-state index in [0.29, 0.717) is 36.8 Å². The van der Waals surface area contributed by atoms with E-state index in [1.165, 1.54) is 19.3 Å². The van der Waals surface area contributed by atoms with Gasteiger partial charge < -0.3 is 20.8 Å². The van der Waals surface area contributed by atoms with E-state index in [-0.39, 0.29) is 28.9 Å². The lowest BCUT2D eigenvalue weighted by Crippen LogP contribution is -2.63. The molecule has 3 aliphatic carbocycles. The van der Waals surface area contributed by atoms with Crippen LogP contribution in [0.15, 0.2) is 12.1 Å². The number of aromatic hydroxyl groups is 1. The van der Waals surface area contributed by atoms with E-state index in [2.05, 4.69) is 18.9 Å². The van der Waals surface area contributed by atoms with Gasteiger partial charge in [-0.3, -0.25) is 4.79 Å². The summed E-state index contributed by atoms with van der Waals surface area (Å²) in [5, 5.41) is 23.3. The number of aliphatic hydroxyl groups is 1. The lowest BCUT2D eigenvalue weighted by atomic mass is 9.49. The van der Waals surface area contributed by atoms with Crippen molar-refractivity contribution in [3.8, 4) is 5.75 Å². The van der Waals surface area contributed by atoms with Crippen LogP contribution in [0.4, 0.5) is 0 Å². The van der Waals surface area contributed by atoms with Crippen LogP contribution in [-0.4, -0.2) is 51.6 Å². The van der Waals surface area contributed by atoms with Crippen LogP contribution >= 0.6 is 12.2 Å². The molecule has 0 radical (unpaired) electrons. The predicted molar refractivity (Wildman–Crippen MR) is 122 cm³/mol. The van der Waals surface area contributed by atoms with Gasteiger partial charge in [-0.15, -0.1) is 0 Å². The van der Waals surface area contributed by atoms with E-state index in [1.807, 2.05) is 6.07 Å². The summed E-state index contributed by atoms with van der Waals surface area (Å²) in [6.07, 6.45) is 6.28. The summed E-state index contributed by atoms with van der Waals surface area (Å²) in [7, 11) is 2.12. The summed E-state index contributed by atoms with van der Waals surface area (Å²) in [5.74, 6) is 0.972. The third kappa shape index (κ3) is 3.37. The number of nitrogens with two attached hydrogens (primary N) is 1. The number of phenolic OH excluding ortho intramolecular Hbond substituents is 1. The van der Waals surface area contributed by atoms with Gasteiger partial charge in [0.25, 0.3) is 0 Å². The molecule has 5 nitrogen and oxygen atoms in total. The first-order valence-corrected chi connectivity index (χ1v) is 11.7. The number of carbonyl (C=O) groups excluding carboxylic acids is 1. The van der Waals surface area contributed by atoms with E-state index in [1.54, 1.807) is 6.07 Å². The third-order valence-electron chi connectivity index (χ3n) is 8.18. The molecule has 1 aromatic rings. The second-order valence-corrected chi connectivity index (χ2v) is 10.4. The van der Waals surface area contributed by atoms with Crippen molar-refractivity contribution < 1.29 is 15.0 Å². The largest absolute Gasteiger partial charge is 0.507 e. The minimum absolute atomic E-state index is 0.00474. The van der Waals surface area contributed by atoms with Crippen LogP contribution in [0.3, 0.4) is 0 Å². The number of hydrogen-bond acceptors (Lipinski definition) is 5. The van der Waals surface area contributed by atoms with E-state index >= 15 is 0 Å². The second kappa shape index (κ2) is 7.88. The zero-order valence-electron chi connectivity index (χ0n) is 18.1. The predicted octanol–water partition coefficient (Wildman–Crippen LogP) is 3.06. The Bertz CT molecular complexity index is 868. The van der Waals surface area contributed by atoms with Crippen LogP contribution in [0.25, 0.3) is 0 Å². The molecule has 3 atom stereocenters. The number of Topliss-reactive ketones (excluding diaryl/α,β-unsaturated/α-hetero) is 1. The molecule has 0 spiro atoms. The summed E-state index contributed by atoms with van der Waals surface area (Å²) < 4.78 is 0. The number of thiocarbonyl (C=S) groups is 1. The number of hydrogen-bond donors (Lipinski definition) is 3. The van der Waals surface area contributed by atoms with Crippen LogP contribution in [0.1, 0.15) is 68.6 Å². The summed E-state index contributed by atoms with van der Waals surface area (Å²) >= 11 is 5.17. The van der Waals surface area contributed by atoms with Crippen molar-refractivity contribution >= 4 is 23.0 Å². The molecule has 30 heavy (non-hydrogen) atoms. The highest BCUT2D eigenvalue weighted by atomic mass is 32.1. The summed E-state index contributed by atoms with van der Waals surface area (Å²) in [6.45, 7) is 3.89. The number of fused-ring (bicyclic) bond motifs is 3. The number of carbonyl (C=O) groups is 1. The average Bonchev–Trinajstić information content (AvgIpc) is 2.65. The Hall–Kier alpha value is -1.50. The molecule has 0 saturated heterocycles. The number of ketones is 1. The van der Waals surface area contributed by atoms with Gasteiger partial charge in [-0.1, -0.05) is 31.6 Å². The molecule has 4 rings (SSSR count). The van der Waals surface area contributed by atoms with Crippen LogP contribution in [0.5, 0.6) is 5.75 Å². The molecule has 2 fully saturated rings. The monoisotopic (exact) mass is 430 g/mol. The molecule has 0 bridgehead atoms. The van der Waals surface area contributed by atoms with Crippen molar-refractivity contribution in [2.45, 2.75) is 69.3 Å². The van der Waals surface area contributed by atoms with Crippen molar-refractivity contribution in [3.05, 3.63) is 28.8 Å². The van der Waals surface area contributed by atoms with Crippen LogP contribution in [0.2, 0.25) is 0 Å². The fourth-order valence-electron chi connectivity index (χ4n) is 6.22. The SMILES string of the molecule is C[C@@H]1Cc2ccc(C(N)=S)c(O)c2[C@@]2(CCN(C)CC3CCC3)CC(=O)CC[C@@]12O. The fraction of sp³-hybridized carbons (Fsp3) is 0.667. The minimum Gasteiger partial charge on any atom is -0.507 e. The normalized spacial score (nSPS) is 31.2. The third-order valence-corrected chi connectivity index (χ3v) is 8.40. The van der Waals surface area contributed by atoms with Gasteiger partial charge >= 0.3 is 0 Å². The molecule has 0 amide bonds. The van der Waals surface area contributed by atoms with Gasteiger partial charge in [0.15, 0.2) is 0 Å². The molecule has 1 aromatic carbocycles. The van der Waals surface area contributed by atoms with Crippen molar-refractivity contribution in [2.75, 3.05) is 20.1 Å². The Morgan fingerprint density at radius 2 is 2.10 bits per heavy atom. The van der Waals surface area contributed by atoms with Gasteiger partial charge in [0.2, 0.25) is 0 Å². The number of phenols is 1. The lowest BCUT2D eigenvalue weighted by molar-refractivity contribution is -0.148. The van der Waals surface area contributed by atoms with Crippen LogP contribution in [-0.2, 0) is 16.6 Å².